The van der Waals surface area contributed by atoms with Crippen LogP contribution in [0.5, 0.6) is 0 Å². The molecule has 0 bridgehead atoms. The molecule has 32 heavy (non-hydrogen) atoms. The summed E-state index contributed by atoms with van der Waals surface area (Å²) in [6.45, 7) is 0.884. The number of carbonyl (C=O) groups excluding carboxylic acids is 1. The summed E-state index contributed by atoms with van der Waals surface area (Å²) >= 11 is 13.7. The van der Waals surface area contributed by atoms with Gasteiger partial charge >= 0.3 is 6.55 Å². The van der Waals surface area contributed by atoms with Crippen LogP contribution < -0.4 is 5.32 Å². The number of benzene rings is 1. The second kappa shape index (κ2) is 8.97. The lowest BCUT2D eigenvalue weighted by molar-refractivity contribution is 0.0720. The molecule has 0 fully saturated rings. The van der Waals surface area contributed by atoms with Crippen LogP contribution in [0.25, 0.3) is 10.7 Å². The summed E-state index contributed by atoms with van der Waals surface area (Å²) in [5.41, 5.74) is 1.90. The minimum absolute atomic E-state index is 0.0808. The fourth-order valence-corrected chi connectivity index (χ4v) is 4.65. The molecule has 1 aromatic carbocycles. The minimum atomic E-state index is -2.74. The molecule has 7 nitrogen and oxygen atoms in total. The maximum Gasteiger partial charge on any atom is 0.320 e. The first-order valence-corrected chi connectivity index (χ1v) is 10.9. The van der Waals surface area contributed by atoms with E-state index in [1.165, 1.54) is 17.1 Å². The van der Waals surface area contributed by atoms with Crippen LogP contribution in [0, 0.1) is 13.8 Å². The van der Waals surface area contributed by atoms with Gasteiger partial charge in [0.15, 0.2) is 11.0 Å². The first kappa shape index (κ1) is 22.4. The van der Waals surface area contributed by atoms with Gasteiger partial charge in [-0.2, -0.15) is 13.9 Å². The van der Waals surface area contributed by atoms with Crippen LogP contribution in [0.2, 0.25) is 10.2 Å². The van der Waals surface area contributed by atoms with E-state index >= 15 is 0 Å². The molecular formula is C20H16Cl2F2N6OS. The molecule has 0 atom stereocenters. The third kappa shape index (κ3) is 4.25. The molecule has 4 aromatic rings. The number of nitrogens with one attached hydrogen (secondary N) is 1. The number of hydrogen-bond acceptors (Lipinski definition) is 5. The number of nitrogens with zero attached hydrogens (tertiary/aromatic N) is 5. The highest BCUT2D eigenvalue weighted by Gasteiger charge is 2.24. The highest BCUT2D eigenvalue weighted by Crippen LogP contribution is 2.34. The predicted molar refractivity (Wildman–Crippen MR) is 120 cm³/mol. The molecule has 3 aromatic heterocycles. The first-order chi connectivity index (χ1) is 15.3. The molecule has 0 aliphatic carbocycles. The van der Waals surface area contributed by atoms with Crippen LogP contribution in [0.1, 0.15) is 33.9 Å². The normalized spacial score (nSPS) is 11.3. The van der Waals surface area contributed by atoms with Gasteiger partial charge in [-0.15, -0.1) is 0 Å². The summed E-state index contributed by atoms with van der Waals surface area (Å²) in [5, 5.41) is 7.99. The van der Waals surface area contributed by atoms with E-state index in [2.05, 4.69) is 20.4 Å². The predicted octanol–water partition coefficient (Wildman–Crippen LogP) is 5.82. The Balaban J connectivity index is 1.58. The van der Waals surface area contributed by atoms with E-state index in [1.54, 1.807) is 19.9 Å². The van der Waals surface area contributed by atoms with Gasteiger partial charge in [-0.05, 0) is 25.5 Å². The van der Waals surface area contributed by atoms with Crippen molar-refractivity contribution in [3.8, 4) is 10.7 Å². The zero-order chi connectivity index (χ0) is 23.0. The maximum atomic E-state index is 13.2. The van der Waals surface area contributed by atoms with Gasteiger partial charge in [0.05, 0.1) is 28.4 Å². The zero-order valence-corrected chi connectivity index (χ0v) is 19.1. The third-order valence-electron chi connectivity index (χ3n) is 4.67. The molecule has 0 radical (unpaired) electrons. The molecule has 0 saturated carbocycles. The van der Waals surface area contributed by atoms with E-state index < -0.39 is 12.5 Å². The SMILES string of the molecule is Cc1nc(NC(=O)c2c(C)nn(Cc3ccccc3Cl)c2Cl)sc1-c1nccn1C(F)F. The number of amides is 1. The summed E-state index contributed by atoms with van der Waals surface area (Å²) in [7, 11) is 0. The number of aryl methyl sites for hydroxylation is 2. The Morgan fingerprint density at radius 3 is 2.69 bits per heavy atom. The molecule has 4 rings (SSSR count). The number of carbonyl (C=O) groups is 1. The standard InChI is InChI=1S/C20H16Cl2F2N6OS/c1-10-14(16(22)30(28-10)9-12-5-3-4-6-13(12)21)18(31)27-20-26-11(2)15(32-20)17-25-7-8-29(17)19(23)24/h3-8,19H,9H2,1-2H3,(H,26,27,31). The molecular weight excluding hydrogens is 481 g/mol. The van der Waals surface area contributed by atoms with Gasteiger partial charge in [-0.25, -0.2) is 14.6 Å². The molecule has 0 unspecified atom stereocenters. The summed E-state index contributed by atoms with van der Waals surface area (Å²) in [6.07, 6.45) is 2.48. The molecule has 12 heteroatoms. The van der Waals surface area contributed by atoms with Gasteiger partial charge in [0, 0.05) is 17.4 Å². The smallest absolute Gasteiger partial charge is 0.298 e. The maximum absolute atomic E-state index is 13.2. The number of rotatable bonds is 6. The van der Waals surface area contributed by atoms with Crippen molar-refractivity contribution in [2.75, 3.05) is 5.32 Å². The van der Waals surface area contributed by atoms with E-state index in [1.807, 2.05) is 18.2 Å². The van der Waals surface area contributed by atoms with E-state index in [0.29, 0.717) is 27.8 Å². The van der Waals surface area contributed by atoms with Crippen LogP contribution in [0.15, 0.2) is 36.7 Å². The van der Waals surface area contributed by atoms with Crippen molar-refractivity contribution in [2.45, 2.75) is 26.9 Å². The summed E-state index contributed by atoms with van der Waals surface area (Å²) < 4.78 is 28.6. The average molecular weight is 497 g/mol. The first-order valence-electron chi connectivity index (χ1n) is 9.32. The molecule has 0 saturated heterocycles. The second-order valence-corrected chi connectivity index (χ2v) is 8.59. The lowest BCUT2D eigenvalue weighted by Gasteiger charge is -2.06. The molecule has 3 heterocycles. The molecule has 0 aliphatic rings. The van der Waals surface area contributed by atoms with Gasteiger partial charge < -0.3 is 0 Å². The Labute approximate surface area is 195 Å². The van der Waals surface area contributed by atoms with Gasteiger partial charge in [-0.1, -0.05) is 52.7 Å². The van der Waals surface area contributed by atoms with Gasteiger partial charge in [0.2, 0.25) is 0 Å². The van der Waals surface area contributed by atoms with Crippen LogP contribution in [-0.4, -0.2) is 30.2 Å². The third-order valence-corrected chi connectivity index (χ3v) is 6.49. The second-order valence-electron chi connectivity index (χ2n) is 6.82. The minimum Gasteiger partial charge on any atom is -0.298 e. The van der Waals surface area contributed by atoms with Crippen molar-refractivity contribution in [1.82, 2.24) is 24.3 Å². The summed E-state index contributed by atoms with van der Waals surface area (Å²) in [5.74, 6) is -0.423. The number of anilines is 1. The summed E-state index contributed by atoms with van der Waals surface area (Å²) in [6, 6.07) is 7.27. The Kier molecular flexibility index (Phi) is 6.27. The molecule has 0 aliphatic heterocycles. The number of alkyl halides is 2. The fraction of sp³-hybridized carbons (Fsp3) is 0.200. The number of thiazole rings is 1. The molecule has 1 N–H and O–H groups in total. The molecule has 0 spiro atoms. The van der Waals surface area contributed by atoms with Crippen molar-refractivity contribution in [1.29, 1.82) is 0 Å². The highest BCUT2D eigenvalue weighted by molar-refractivity contribution is 7.19. The van der Waals surface area contributed by atoms with Crippen LogP contribution in [0.4, 0.5) is 13.9 Å². The van der Waals surface area contributed by atoms with E-state index in [-0.39, 0.29) is 21.7 Å². The summed E-state index contributed by atoms with van der Waals surface area (Å²) in [4.78, 5) is 21.6. The van der Waals surface area contributed by atoms with Crippen LogP contribution >= 0.6 is 34.5 Å². The topological polar surface area (TPSA) is 77.6 Å². The van der Waals surface area contributed by atoms with E-state index in [0.717, 1.165) is 21.5 Å². The number of hydrogen-bond donors (Lipinski definition) is 1. The van der Waals surface area contributed by atoms with Crippen molar-refractivity contribution in [3.05, 3.63) is 69.3 Å². The molecule has 166 valence electrons. The van der Waals surface area contributed by atoms with Gasteiger partial charge in [-0.3, -0.25) is 14.7 Å². The fourth-order valence-electron chi connectivity index (χ4n) is 3.17. The van der Waals surface area contributed by atoms with Crippen LogP contribution in [0.3, 0.4) is 0 Å². The van der Waals surface area contributed by atoms with Crippen molar-refractivity contribution >= 4 is 45.6 Å². The highest BCUT2D eigenvalue weighted by atomic mass is 35.5. The van der Waals surface area contributed by atoms with Gasteiger partial charge in [0.25, 0.3) is 5.91 Å². The monoisotopic (exact) mass is 496 g/mol. The van der Waals surface area contributed by atoms with Crippen molar-refractivity contribution in [2.24, 2.45) is 0 Å². The van der Waals surface area contributed by atoms with Crippen molar-refractivity contribution in [3.63, 3.8) is 0 Å². The Bertz CT molecular complexity index is 1300. The van der Waals surface area contributed by atoms with Gasteiger partial charge in [0.1, 0.15) is 5.15 Å². The van der Waals surface area contributed by atoms with Crippen LogP contribution in [-0.2, 0) is 6.54 Å². The molecule has 1 amide bonds. The Morgan fingerprint density at radius 1 is 1.22 bits per heavy atom. The number of imidazole rings is 1. The van der Waals surface area contributed by atoms with E-state index in [4.69, 9.17) is 23.2 Å². The Hall–Kier alpha value is -2.82. The lowest BCUT2D eigenvalue weighted by Crippen LogP contribution is -2.13. The quantitative estimate of drug-likeness (QED) is 0.364. The Morgan fingerprint density at radius 2 is 1.97 bits per heavy atom. The number of halogens is 4. The lowest BCUT2D eigenvalue weighted by atomic mass is 10.2. The zero-order valence-electron chi connectivity index (χ0n) is 16.8. The average Bonchev–Trinajstić information content (AvgIpc) is 3.41. The van der Waals surface area contributed by atoms with E-state index in [9.17, 15) is 13.6 Å². The largest absolute Gasteiger partial charge is 0.320 e. The van der Waals surface area contributed by atoms with Crippen molar-refractivity contribution < 1.29 is 13.6 Å². The number of aromatic nitrogens is 5.